The topological polar surface area (TPSA) is 120 Å². The third kappa shape index (κ3) is 5.03. The molecule has 0 bridgehead atoms. The van der Waals surface area contributed by atoms with Gasteiger partial charge in [-0.2, -0.15) is 32.7 Å². The lowest BCUT2D eigenvalue weighted by Crippen LogP contribution is -2.12. The van der Waals surface area contributed by atoms with Crippen molar-refractivity contribution in [2.45, 2.75) is 32.1 Å². The monoisotopic (exact) mass is 527 g/mol. The molecule has 1 aliphatic rings. The van der Waals surface area contributed by atoms with Gasteiger partial charge in [0.05, 0.1) is 22.7 Å². The number of halogens is 4. The van der Waals surface area contributed by atoms with Crippen LogP contribution in [0.15, 0.2) is 30.6 Å². The molecule has 9 nitrogen and oxygen atoms in total. The number of aryl methyl sites for hydroxylation is 1. The summed E-state index contributed by atoms with van der Waals surface area (Å²) < 4.78 is 69.6. The van der Waals surface area contributed by atoms with Gasteiger partial charge in [0.25, 0.3) is 5.92 Å². The van der Waals surface area contributed by atoms with Crippen molar-refractivity contribution in [1.29, 1.82) is 5.26 Å². The van der Waals surface area contributed by atoms with E-state index in [2.05, 4.69) is 20.4 Å². The van der Waals surface area contributed by atoms with Crippen molar-refractivity contribution < 1.29 is 30.1 Å². The van der Waals surface area contributed by atoms with Crippen LogP contribution in [0.3, 0.4) is 0 Å². The highest BCUT2D eigenvalue weighted by Gasteiger charge is 2.45. The van der Waals surface area contributed by atoms with Gasteiger partial charge in [-0.1, -0.05) is 21.6 Å². The summed E-state index contributed by atoms with van der Waals surface area (Å²) in [5.74, 6) is -5.34. The van der Waals surface area contributed by atoms with Crippen molar-refractivity contribution in [3.05, 3.63) is 46.9 Å². The zero-order chi connectivity index (χ0) is 25.8. The summed E-state index contributed by atoms with van der Waals surface area (Å²) in [5, 5.41) is 17.1. The number of alkyl halides is 2. The molecule has 2 aromatic heterocycles. The molecule has 3 aromatic rings. The van der Waals surface area contributed by atoms with Crippen molar-refractivity contribution in [1.82, 2.24) is 19.6 Å². The maximum Gasteiger partial charge on any atom is 0.488 e. The maximum atomic E-state index is 14.0. The average Bonchev–Trinajstić information content (AvgIpc) is 3.20. The molecule has 35 heavy (non-hydrogen) atoms. The Labute approximate surface area is 203 Å². The Morgan fingerprint density at radius 2 is 2.03 bits per heavy atom. The fourth-order valence-electron chi connectivity index (χ4n) is 3.60. The fourth-order valence-corrected chi connectivity index (χ4v) is 4.17. The van der Waals surface area contributed by atoms with Crippen LogP contribution in [0, 0.1) is 16.7 Å². The molecule has 0 N–H and O–H groups in total. The second-order valence-electron chi connectivity index (χ2n) is 8.35. The highest BCUT2D eigenvalue weighted by atomic mass is 35.5. The maximum absolute atomic E-state index is 14.0. The summed E-state index contributed by atoms with van der Waals surface area (Å²) in [4.78, 5) is 12.8. The molecule has 0 atom stereocenters. The number of ketones is 1. The first kappa shape index (κ1) is 24.7. The fraction of sp³-hybridized carbons (Fsp3) is 0.333. The average molecular weight is 528 g/mol. The van der Waals surface area contributed by atoms with Crippen LogP contribution in [-0.4, -0.2) is 33.8 Å². The number of Topliss-reactive ketones (excluding diaryl/α,β-unsaturated/α-hetero) is 1. The zero-order valence-electron chi connectivity index (χ0n) is 18.3. The minimum atomic E-state index is -5.66. The molecule has 2 heterocycles. The predicted molar refractivity (Wildman–Crippen MR) is 117 cm³/mol. The van der Waals surface area contributed by atoms with Crippen molar-refractivity contribution in [2.24, 2.45) is 12.5 Å². The van der Waals surface area contributed by atoms with Gasteiger partial charge < -0.3 is 4.18 Å². The van der Waals surface area contributed by atoms with E-state index in [1.54, 1.807) is 6.07 Å². The van der Waals surface area contributed by atoms with E-state index in [1.165, 1.54) is 31.6 Å². The smallest absolute Gasteiger partial charge is 0.352 e. The number of hydrogen-bond acceptors (Lipinski definition) is 7. The number of rotatable bonds is 8. The van der Waals surface area contributed by atoms with Gasteiger partial charge >= 0.3 is 10.5 Å². The Bertz CT molecular complexity index is 1480. The lowest BCUT2D eigenvalue weighted by molar-refractivity contribution is 0.0108. The largest absolute Gasteiger partial charge is 0.488 e. The van der Waals surface area contributed by atoms with E-state index in [4.69, 9.17) is 11.6 Å². The normalized spacial score (nSPS) is 15.0. The van der Waals surface area contributed by atoms with Gasteiger partial charge in [-0.05, 0) is 30.5 Å². The van der Waals surface area contributed by atoms with E-state index in [9.17, 15) is 31.1 Å². The molecule has 0 radical (unpaired) electrons. The number of aromatic nitrogens is 4. The van der Waals surface area contributed by atoms with Crippen LogP contribution >= 0.6 is 11.6 Å². The molecule has 1 aromatic carbocycles. The quantitative estimate of drug-likeness (QED) is 0.312. The van der Waals surface area contributed by atoms with E-state index in [-0.39, 0.29) is 28.6 Å². The third-order valence-electron chi connectivity index (χ3n) is 5.56. The molecule has 0 saturated heterocycles. The summed E-state index contributed by atoms with van der Waals surface area (Å²) in [6.45, 7) is 0.454. The summed E-state index contributed by atoms with van der Waals surface area (Å²) in [5.41, 5.74) is -0.669. The highest BCUT2D eigenvalue weighted by Crippen LogP contribution is 2.49. The van der Waals surface area contributed by atoms with E-state index >= 15 is 0 Å². The second-order valence-corrected chi connectivity index (χ2v) is 9.71. The van der Waals surface area contributed by atoms with Gasteiger partial charge in [-0.15, -0.1) is 0 Å². The molecule has 0 amide bonds. The van der Waals surface area contributed by atoms with Gasteiger partial charge in [0.1, 0.15) is 0 Å². The number of benzene rings is 1. The Hall–Kier alpha value is -3.37. The molecule has 1 aliphatic carbocycles. The number of carbonyl (C=O) groups is 1. The molecule has 184 valence electrons. The van der Waals surface area contributed by atoms with Crippen LogP contribution in [0.2, 0.25) is 5.02 Å². The predicted octanol–water partition coefficient (Wildman–Crippen LogP) is 4.51. The summed E-state index contributed by atoms with van der Waals surface area (Å²) in [6, 6.07) is 6.76. The number of carbonyl (C=O) groups excluding carboxylic acids is 1. The van der Waals surface area contributed by atoms with Crippen LogP contribution in [0.5, 0.6) is 5.75 Å². The van der Waals surface area contributed by atoms with Gasteiger partial charge in [0.2, 0.25) is 5.75 Å². The van der Waals surface area contributed by atoms with Crippen LogP contribution in [0.1, 0.15) is 42.2 Å². The Balaban J connectivity index is 1.73. The first-order valence-corrected chi connectivity index (χ1v) is 11.8. The highest BCUT2D eigenvalue weighted by molar-refractivity contribution is 7.81. The van der Waals surface area contributed by atoms with Crippen LogP contribution in [-0.2, 0) is 23.5 Å². The molecule has 0 spiro atoms. The SMILES string of the molecule is Cn1nc(C(C)(F)F)c(OS(=O)(=O)F)c1-n1cc(-c2ccc(Cl)c(C(=O)CC3(C#N)CC3)c2)cn1. The molecular weight excluding hydrogens is 511 g/mol. The summed E-state index contributed by atoms with van der Waals surface area (Å²) in [7, 11) is -4.43. The minimum absolute atomic E-state index is 0.0351. The van der Waals surface area contributed by atoms with Gasteiger partial charge in [-0.3, -0.25) is 4.79 Å². The number of nitriles is 1. The number of nitrogens with zero attached hydrogens (tertiary/aromatic N) is 5. The van der Waals surface area contributed by atoms with Crippen molar-refractivity contribution in [3.63, 3.8) is 0 Å². The first-order valence-electron chi connectivity index (χ1n) is 10.1. The van der Waals surface area contributed by atoms with Crippen LogP contribution < -0.4 is 4.18 Å². The molecule has 1 fully saturated rings. The summed E-state index contributed by atoms with van der Waals surface area (Å²) in [6.07, 6.45) is 3.97. The second kappa shape index (κ2) is 8.39. The molecule has 0 aliphatic heterocycles. The molecule has 4 rings (SSSR count). The van der Waals surface area contributed by atoms with Crippen molar-refractivity contribution in [2.75, 3.05) is 0 Å². The van der Waals surface area contributed by atoms with Crippen LogP contribution in [0.4, 0.5) is 12.7 Å². The van der Waals surface area contributed by atoms with E-state index in [1.807, 2.05) is 0 Å². The van der Waals surface area contributed by atoms with Gasteiger partial charge in [0.15, 0.2) is 17.3 Å². The Morgan fingerprint density at radius 3 is 2.60 bits per heavy atom. The van der Waals surface area contributed by atoms with E-state index < -0.39 is 33.3 Å². The number of hydrogen-bond donors (Lipinski definition) is 0. The van der Waals surface area contributed by atoms with Gasteiger partial charge in [-0.25, -0.2) is 9.36 Å². The standard InChI is InChI=1S/C21H17ClF3N5O4S/c1-20(23,24)18-17(34-35(25,32)33)19(29(2)28-18)30-10-13(9-27-30)12-3-4-15(22)14(7-12)16(31)8-21(11-26)5-6-21/h3-4,7,9-10H,5-6,8H2,1-2H3. The van der Waals surface area contributed by atoms with Gasteiger partial charge in [0, 0.05) is 37.7 Å². The van der Waals surface area contributed by atoms with Crippen molar-refractivity contribution >= 4 is 27.9 Å². The zero-order valence-corrected chi connectivity index (χ0v) is 19.9. The van der Waals surface area contributed by atoms with E-state index in [0.29, 0.717) is 30.9 Å². The first-order chi connectivity index (χ1) is 16.2. The lowest BCUT2D eigenvalue weighted by Gasteiger charge is -2.09. The third-order valence-corrected chi connectivity index (χ3v) is 6.26. The minimum Gasteiger partial charge on any atom is -0.352 e. The summed E-state index contributed by atoms with van der Waals surface area (Å²) >= 11 is 6.20. The Kier molecular flexibility index (Phi) is 5.93. The Morgan fingerprint density at radius 1 is 1.34 bits per heavy atom. The van der Waals surface area contributed by atoms with E-state index in [0.717, 1.165) is 9.36 Å². The lowest BCUT2D eigenvalue weighted by atomic mass is 9.95. The molecule has 14 heteroatoms. The van der Waals surface area contributed by atoms with Crippen molar-refractivity contribution in [3.8, 4) is 28.8 Å². The molecule has 0 unspecified atom stereocenters. The molecule has 1 saturated carbocycles. The molecular formula is C21H17ClF3N5O4S. The van der Waals surface area contributed by atoms with Crippen LogP contribution in [0.25, 0.3) is 16.9 Å².